The standard InChI is InChI=1S/C19H13F5N4O/c20-11-5-10(6-12(21)7-11)18(29)26-15-1-2-16-14(15)9-28(27-16)13-3-4-25-17(8-13)19(22,23)24/h3-9,15H,1-2H2,(H,26,29)/t15-/m0/s1. The summed E-state index contributed by atoms with van der Waals surface area (Å²) in [6, 6.07) is 4.31. The lowest BCUT2D eigenvalue weighted by molar-refractivity contribution is -0.141. The molecule has 0 bridgehead atoms. The van der Waals surface area contributed by atoms with Crippen LogP contribution in [0.2, 0.25) is 0 Å². The van der Waals surface area contributed by atoms with E-state index in [9.17, 15) is 26.7 Å². The zero-order chi connectivity index (χ0) is 20.8. The predicted octanol–water partition coefficient (Wildman–Crippen LogP) is 3.98. The molecule has 1 aliphatic rings. The van der Waals surface area contributed by atoms with Gasteiger partial charge < -0.3 is 5.32 Å². The zero-order valence-electron chi connectivity index (χ0n) is 14.7. The van der Waals surface area contributed by atoms with Crippen molar-refractivity contribution in [3.8, 4) is 5.69 Å². The molecule has 1 aromatic carbocycles. The number of nitrogens with one attached hydrogen (secondary N) is 1. The second kappa shape index (κ2) is 6.94. The highest BCUT2D eigenvalue weighted by Gasteiger charge is 2.33. The highest BCUT2D eigenvalue weighted by Crippen LogP contribution is 2.32. The van der Waals surface area contributed by atoms with Crippen LogP contribution in [0.4, 0.5) is 22.0 Å². The summed E-state index contributed by atoms with van der Waals surface area (Å²) in [5.41, 5.74) is 0.252. The molecule has 1 aliphatic carbocycles. The van der Waals surface area contributed by atoms with E-state index in [1.54, 1.807) is 0 Å². The van der Waals surface area contributed by atoms with Crippen LogP contribution in [0, 0.1) is 11.6 Å². The lowest BCUT2D eigenvalue weighted by Crippen LogP contribution is -2.27. The largest absolute Gasteiger partial charge is 0.433 e. The summed E-state index contributed by atoms with van der Waals surface area (Å²) in [7, 11) is 0. The summed E-state index contributed by atoms with van der Waals surface area (Å²) >= 11 is 0. The summed E-state index contributed by atoms with van der Waals surface area (Å²) in [4.78, 5) is 15.7. The summed E-state index contributed by atoms with van der Waals surface area (Å²) in [6.45, 7) is 0. The molecular formula is C19H13F5N4O. The molecule has 10 heteroatoms. The first-order valence-corrected chi connectivity index (χ1v) is 8.60. The molecule has 0 spiro atoms. The fraction of sp³-hybridized carbons (Fsp3) is 0.211. The normalized spacial score (nSPS) is 16.0. The number of hydrogen-bond donors (Lipinski definition) is 1. The number of rotatable bonds is 3. The van der Waals surface area contributed by atoms with Gasteiger partial charge >= 0.3 is 6.18 Å². The smallest absolute Gasteiger partial charge is 0.345 e. The third-order valence-corrected chi connectivity index (χ3v) is 4.60. The van der Waals surface area contributed by atoms with E-state index >= 15 is 0 Å². The van der Waals surface area contributed by atoms with Crippen molar-refractivity contribution in [3.63, 3.8) is 0 Å². The van der Waals surface area contributed by atoms with Gasteiger partial charge in [0.25, 0.3) is 5.91 Å². The Morgan fingerprint density at radius 3 is 2.55 bits per heavy atom. The van der Waals surface area contributed by atoms with Crippen molar-refractivity contribution in [1.29, 1.82) is 0 Å². The van der Waals surface area contributed by atoms with Crippen molar-refractivity contribution in [2.45, 2.75) is 25.1 Å². The minimum atomic E-state index is -4.58. The van der Waals surface area contributed by atoms with Crippen LogP contribution in [-0.4, -0.2) is 20.7 Å². The van der Waals surface area contributed by atoms with Crippen LogP contribution in [0.25, 0.3) is 5.69 Å². The average molecular weight is 408 g/mol. The quantitative estimate of drug-likeness (QED) is 0.667. The summed E-state index contributed by atoms with van der Waals surface area (Å²) in [5.74, 6) is -2.39. The summed E-state index contributed by atoms with van der Waals surface area (Å²) in [6.07, 6.45) is -0.978. The molecule has 0 saturated heterocycles. The van der Waals surface area contributed by atoms with Crippen molar-refractivity contribution in [1.82, 2.24) is 20.1 Å². The number of halogens is 5. The maximum Gasteiger partial charge on any atom is 0.433 e. The predicted molar refractivity (Wildman–Crippen MR) is 91.2 cm³/mol. The first kappa shape index (κ1) is 19.0. The van der Waals surface area contributed by atoms with E-state index in [-0.39, 0.29) is 11.3 Å². The van der Waals surface area contributed by atoms with Crippen molar-refractivity contribution in [2.75, 3.05) is 0 Å². The molecule has 5 nitrogen and oxygen atoms in total. The third-order valence-electron chi connectivity index (χ3n) is 4.60. The number of aryl methyl sites for hydroxylation is 1. The van der Waals surface area contributed by atoms with E-state index in [0.29, 0.717) is 30.2 Å². The molecule has 1 N–H and O–H groups in total. The second-order valence-corrected chi connectivity index (χ2v) is 6.60. The highest BCUT2D eigenvalue weighted by molar-refractivity contribution is 5.94. The Labute approximate surface area is 161 Å². The van der Waals surface area contributed by atoms with Crippen molar-refractivity contribution in [3.05, 3.63) is 76.9 Å². The van der Waals surface area contributed by atoms with Crippen LogP contribution >= 0.6 is 0 Å². The fourth-order valence-electron chi connectivity index (χ4n) is 3.27. The lowest BCUT2D eigenvalue weighted by atomic mass is 10.1. The molecule has 1 atom stereocenters. The molecule has 4 rings (SSSR count). The molecule has 2 heterocycles. The van der Waals surface area contributed by atoms with E-state index in [1.165, 1.54) is 16.9 Å². The van der Waals surface area contributed by atoms with Gasteiger partial charge in [0.1, 0.15) is 17.3 Å². The lowest BCUT2D eigenvalue weighted by Gasteiger charge is -2.13. The van der Waals surface area contributed by atoms with Gasteiger partial charge in [-0.25, -0.2) is 13.5 Å². The minimum Gasteiger partial charge on any atom is -0.345 e. The Kier molecular flexibility index (Phi) is 4.56. The maximum atomic E-state index is 13.3. The number of benzene rings is 1. The molecule has 0 fully saturated rings. The monoisotopic (exact) mass is 408 g/mol. The van der Waals surface area contributed by atoms with Crippen LogP contribution in [0.3, 0.4) is 0 Å². The minimum absolute atomic E-state index is 0.160. The Morgan fingerprint density at radius 2 is 1.86 bits per heavy atom. The zero-order valence-corrected chi connectivity index (χ0v) is 14.7. The Balaban J connectivity index is 1.57. The topological polar surface area (TPSA) is 59.8 Å². The number of pyridine rings is 1. The number of alkyl halides is 3. The van der Waals surface area contributed by atoms with Gasteiger partial charge in [0, 0.05) is 29.6 Å². The third kappa shape index (κ3) is 3.82. The number of nitrogens with zero attached hydrogens (tertiary/aromatic N) is 3. The van der Waals surface area contributed by atoms with Gasteiger partial charge in [0.05, 0.1) is 17.4 Å². The molecule has 3 aromatic rings. The van der Waals surface area contributed by atoms with E-state index < -0.39 is 35.5 Å². The van der Waals surface area contributed by atoms with Gasteiger partial charge in [-0.1, -0.05) is 0 Å². The molecule has 0 aliphatic heterocycles. The Bertz CT molecular complexity index is 1070. The van der Waals surface area contributed by atoms with Crippen LogP contribution in [-0.2, 0) is 12.6 Å². The molecule has 0 radical (unpaired) electrons. The SMILES string of the molecule is O=C(N[C@H]1CCc2nn(-c3ccnc(C(F)(F)F)c3)cc21)c1cc(F)cc(F)c1. The molecular weight excluding hydrogens is 395 g/mol. The van der Waals surface area contributed by atoms with E-state index in [1.807, 2.05) is 0 Å². The maximum absolute atomic E-state index is 13.3. The van der Waals surface area contributed by atoms with Crippen LogP contribution in [0.1, 0.15) is 39.8 Å². The van der Waals surface area contributed by atoms with Gasteiger partial charge in [-0.15, -0.1) is 0 Å². The van der Waals surface area contributed by atoms with Gasteiger partial charge in [0.2, 0.25) is 0 Å². The number of carbonyl (C=O) groups is 1. The van der Waals surface area contributed by atoms with Gasteiger partial charge in [-0.3, -0.25) is 9.78 Å². The first-order valence-electron chi connectivity index (χ1n) is 8.60. The van der Waals surface area contributed by atoms with Gasteiger partial charge in [0.15, 0.2) is 0 Å². The number of fused-ring (bicyclic) bond motifs is 1. The molecule has 2 aromatic heterocycles. The van der Waals surface area contributed by atoms with Crippen molar-refractivity contribution in [2.24, 2.45) is 0 Å². The van der Waals surface area contributed by atoms with E-state index in [0.717, 1.165) is 24.4 Å². The molecule has 29 heavy (non-hydrogen) atoms. The first-order chi connectivity index (χ1) is 13.7. The van der Waals surface area contributed by atoms with Crippen molar-refractivity contribution < 1.29 is 26.7 Å². The number of amides is 1. The van der Waals surface area contributed by atoms with Crippen molar-refractivity contribution >= 4 is 5.91 Å². The average Bonchev–Trinajstić information content (AvgIpc) is 3.22. The Hall–Kier alpha value is -3.30. The Morgan fingerprint density at radius 1 is 1.14 bits per heavy atom. The molecule has 0 unspecified atom stereocenters. The molecule has 0 saturated carbocycles. The summed E-state index contributed by atoms with van der Waals surface area (Å²) in [5, 5.41) is 6.98. The van der Waals surface area contributed by atoms with Gasteiger partial charge in [-0.05, 0) is 37.1 Å². The fourth-order valence-corrected chi connectivity index (χ4v) is 3.27. The van der Waals surface area contributed by atoms with E-state index in [4.69, 9.17) is 0 Å². The molecule has 1 amide bonds. The van der Waals surface area contributed by atoms with Crippen LogP contribution in [0.5, 0.6) is 0 Å². The van der Waals surface area contributed by atoms with Crippen LogP contribution in [0.15, 0.2) is 42.7 Å². The van der Waals surface area contributed by atoms with Crippen LogP contribution < -0.4 is 5.32 Å². The number of aromatic nitrogens is 3. The number of hydrogen-bond acceptors (Lipinski definition) is 3. The second-order valence-electron chi connectivity index (χ2n) is 6.60. The molecule has 150 valence electrons. The summed E-state index contributed by atoms with van der Waals surface area (Å²) < 4.78 is 66.6. The van der Waals surface area contributed by atoms with E-state index in [2.05, 4.69) is 15.4 Å². The highest BCUT2D eigenvalue weighted by atomic mass is 19.4. The number of carbonyl (C=O) groups excluding carboxylic acids is 1. The van der Waals surface area contributed by atoms with Gasteiger partial charge in [-0.2, -0.15) is 18.3 Å².